The molecule has 1 aromatic rings. The van der Waals surface area contributed by atoms with Gasteiger partial charge in [-0.25, -0.2) is 4.39 Å². The molecule has 0 aliphatic carbocycles. The predicted octanol–water partition coefficient (Wildman–Crippen LogP) is 0.732. The minimum Gasteiger partial charge on any atom is -0.347 e. The molecular formula is C17H23FN4O2. The van der Waals surface area contributed by atoms with Gasteiger partial charge in [0.1, 0.15) is 5.82 Å². The van der Waals surface area contributed by atoms with E-state index < -0.39 is 0 Å². The standard InChI is InChI=1S/C17H23FN4O2/c1-20(2)16(23)11-22-9-12-4-6-21(15(7-12)17(22)24)10-13-3-5-19-8-14(13)18/h3,5,8,12,15H,4,6-7,9-11H2,1-2H3/t12-,15+/m0/s1. The molecule has 2 aliphatic heterocycles. The number of rotatable bonds is 4. The number of carbonyl (C=O) groups is 2. The third-order valence-corrected chi connectivity index (χ3v) is 4.95. The highest BCUT2D eigenvalue weighted by Crippen LogP contribution is 2.31. The molecule has 3 heterocycles. The second-order valence-corrected chi connectivity index (χ2v) is 6.85. The summed E-state index contributed by atoms with van der Waals surface area (Å²) in [5.74, 6) is -0.0191. The summed E-state index contributed by atoms with van der Waals surface area (Å²) in [5.41, 5.74) is 0.553. The molecule has 0 saturated carbocycles. The summed E-state index contributed by atoms with van der Waals surface area (Å²) < 4.78 is 13.9. The van der Waals surface area contributed by atoms with Crippen LogP contribution in [0.15, 0.2) is 18.5 Å². The fraction of sp³-hybridized carbons (Fsp3) is 0.588. The molecule has 0 aromatic carbocycles. The molecule has 2 amide bonds. The van der Waals surface area contributed by atoms with E-state index in [1.165, 1.54) is 11.1 Å². The highest BCUT2D eigenvalue weighted by molar-refractivity contribution is 5.88. The lowest BCUT2D eigenvalue weighted by Crippen LogP contribution is -2.59. The largest absolute Gasteiger partial charge is 0.347 e. The van der Waals surface area contributed by atoms with Gasteiger partial charge in [0.15, 0.2) is 0 Å². The van der Waals surface area contributed by atoms with E-state index in [1.807, 2.05) is 4.90 Å². The number of hydrogen-bond acceptors (Lipinski definition) is 4. The topological polar surface area (TPSA) is 56.8 Å². The summed E-state index contributed by atoms with van der Waals surface area (Å²) in [5, 5.41) is 0. The second kappa shape index (κ2) is 6.84. The Kier molecular flexibility index (Phi) is 4.80. The lowest BCUT2D eigenvalue weighted by atomic mass is 9.85. The van der Waals surface area contributed by atoms with Gasteiger partial charge in [0.2, 0.25) is 11.8 Å². The summed E-state index contributed by atoms with van der Waals surface area (Å²) in [6, 6.07) is 1.39. The number of hydrogen-bond donors (Lipinski definition) is 0. The Balaban J connectivity index is 1.72. The maximum absolute atomic E-state index is 13.9. The first-order chi connectivity index (χ1) is 11.5. The second-order valence-electron chi connectivity index (χ2n) is 6.85. The van der Waals surface area contributed by atoms with E-state index in [0.717, 1.165) is 19.4 Å². The van der Waals surface area contributed by atoms with E-state index in [9.17, 15) is 14.0 Å². The van der Waals surface area contributed by atoms with Crippen molar-refractivity contribution in [2.75, 3.05) is 33.7 Å². The van der Waals surface area contributed by atoms with Crippen molar-refractivity contribution >= 4 is 11.8 Å². The van der Waals surface area contributed by atoms with Crippen LogP contribution in [-0.2, 0) is 16.1 Å². The highest BCUT2D eigenvalue weighted by atomic mass is 19.1. The van der Waals surface area contributed by atoms with Crippen LogP contribution in [0.2, 0.25) is 0 Å². The van der Waals surface area contributed by atoms with Crippen LogP contribution in [-0.4, -0.2) is 71.3 Å². The third kappa shape index (κ3) is 3.40. The molecule has 2 fully saturated rings. The molecule has 6 nitrogen and oxygen atoms in total. The van der Waals surface area contributed by atoms with E-state index in [0.29, 0.717) is 24.6 Å². The summed E-state index contributed by atoms with van der Waals surface area (Å²) in [6.45, 7) is 1.94. The van der Waals surface area contributed by atoms with Crippen molar-refractivity contribution in [2.24, 2.45) is 5.92 Å². The van der Waals surface area contributed by atoms with Crippen molar-refractivity contribution in [3.05, 3.63) is 29.8 Å². The number of likely N-dealkylation sites (N-methyl/N-ethyl adjacent to an activating group) is 1. The van der Waals surface area contributed by atoms with Crippen LogP contribution in [0.4, 0.5) is 4.39 Å². The fourth-order valence-electron chi connectivity index (χ4n) is 3.51. The molecule has 0 spiro atoms. The van der Waals surface area contributed by atoms with Gasteiger partial charge < -0.3 is 9.80 Å². The monoisotopic (exact) mass is 334 g/mol. The Bertz CT molecular complexity index is 637. The number of aromatic nitrogens is 1. The van der Waals surface area contributed by atoms with Gasteiger partial charge in [0.25, 0.3) is 0 Å². The van der Waals surface area contributed by atoms with Crippen molar-refractivity contribution < 1.29 is 14.0 Å². The van der Waals surface area contributed by atoms with Crippen LogP contribution in [0.1, 0.15) is 18.4 Å². The summed E-state index contributed by atoms with van der Waals surface area (Å²) in [4.78, 5) is 33.7. The van der Waals surface area contributed by atoms with E-state index in [4.69, 9.17) is 0 Å². The van der Waals surface area contributed by atoms with Gasteiger partial charge in [-0.1, -0.05) is 0 Å². The number of carbonyl (C=O) groups excluding carboxylic acids is 2. The Morgan fingerprint density at radius 1 is 1.46 bits per heavy atom. The van der Waals surface area contributed by atoms with Crippen molar-refractivity contribution in [1.82, 2.24) is 19.7 Å². The maximum Gasteiger partial charge on any atom is 0.241 e. The summed E-state index contributed by atoms with van der Waals surface area (Å²) >= 11 is 0. The van der Waals surface area contributed by atoms with Gasteiger partial charge in [-0.3, -0.25) is 19.5 Å². The Morgan fingerprint density at radius 2 is 2.25 bits per heavy atom. The minimum absolute atomic E-state index is 0.0179. The van der Waals surface area contributed by atoms with Gasteiger partial charge in [0.05, 0.1) is 18.8 Å². The number of halogens is 1. The summed E-state index contributed by atoms with van der Waals surface area (Å²) in [6.07, 6.45) is 4.52. The van der Waals surface area contributed by atoms with Crippen LogP contribution in [0, 0.1) is 11.7 Å². The van der Waals surface area contributed by atoms with Crippen molar-refractivity contribution in [2.45, 2.75) is 25.4 Å². The van der Waals surface area contributed by atoms with E-state index >= 15 is 0 Å². The number of fused-ring (bicyclic) bond motifs is 2. The van der Waals surface area contributed by atoms with Gasteiger partial charge in [-0.05, 0) is 31.4 Å². The highest BCUT2D eigenvalue weighted by Gasteiger charge is 2.41. The average molecular weight is 334 g/mol. The lowest BCUT2D eigenvalue weighted by Gasteiger charge is -2.46. The SMILES string of the molecule is CN(C)C(=O)CN1C[C@H]2CCN(Cc3ccncc3F)[C@H](C2)C1=O. The number of piperidine rings is 2. The molecule has 2 aliphatic rings. The molecule has 2 bridgehead atoms. The molecule has 1 aromatic heterocycles. The number of pyridine rings is 1. The van der Waals surface area contributed by atoms with Gasteiger partial charge in [-0.2, -0.15) is 0 Å². The summed E-state index contributed by atoms with van der Waals surface area (Å²) in [7, 11) is 3.38. The molecule has 0 unspecified atom stereocenters. The molecule has 2 saturated heterocycles. The lowest BCUT2D eigenvalue weighted by molar-refractivity contribution is -0.150. The zero-order chi connectivity index (χ0) is 17.3. The first kappa shape index (κ1) is 16.8. The molecule has 130 valence electrons. The number of likely N-dealkylation sites (tertiary alicyclic amines) is 2. The quantitative estimate of drug-likeness (QED) is 0.815. The van der Waals surface area contributed by atoms with Gasteiger partial charge in [-0.15, -0.1) is 0 Å². The Hall–Kier alpha value is -2.02. The third-order valence-electron chi connectivity index (χ3n) is 4.95. The smallest absolute Gasteiger partial charge is 0.241 e. The van der Waals surface area contributed by atoms with E-state index in [1.54, 1.807) is 31.3 Å². The minimum atomic E-state index is -0.345. The molecule has 0 radical (unpaired) electrons. The number of nitrogens with zero attached hydrogens (tertiary/aromatic N) is 4. The van der Waals surface area contributed by atoms with Crippen molar-refractivity contribution in [1.29, 1.82) is 0 Å². The first-order valence-corrected chi connectivity index (χ1v) is 8.27. The normalized spacial score (nSPS) is 24.1. The van der Waals surface area contributed by atoms with Crippen molar-refractivity contribution in [3.63, 3.8) is 0 Å². The predicted molar refractivity (Wildman–Crippen MR) is 86.4 cm³/mol. The van der Waals surface area contributed by atoms with Gasteiger partial charge in [0, 0.05) is 38.9 Å². The molecule has 7 heteroatoms. The van der Waals surface area contributed by atoms with Crippen LogP contribution in [0.25, 0.3) is 0 Å². The van der Waals surface area contributed by atoms with Crippen LogP contribution < -0.4 is 0 Å². The molecule has 24 heavy (non-hydrogen) atoms. The van der Waals surface area contributed by atoms with E-state index in [2.05, 4.69) is 4.98 Å². The van der Waals surface area contributed by atoms with Gasteiger partial charge >= 0.3 is 0 Å². The van der Waals surface area contributed by atoms with Crippen LogP contribution in [0.5, 0.6) is 0 Å². The Morgan fingerprint density at radius 3 is 2.96 bits per heavy atom. The Labute approximate surface area is 141 Å². The van der Waals surface area contributed by atoms with Crippen LogP contribution >= 0.6 is 0 Å². The van der Waals surface area contributed by atoms with Crippen LogP contribution in [0.3, 0.4) is 0 Å². The molecule has 0 N–H and O–H groups in total. The maximum atomic E-state index is 13.9. The molecule has 2 atom stereocenters. The van der Waals surface area contributed by atoms with E-state index in [-0.39, 0.29) is 30.2 Å². The number of amides is 2. The zero-order valence-corrected chi connectivity index (χ0v) is 14.1. The average Bonchev–Trinajstić information content (AvgIpc) is 2.56. The molecule has 3 rings (SSSR count). The molecular weight excluding hydrogens is 311 g/mol. The fourth-order valence-corrected chi connectivity index (χ4v) is 3.51. The zero-order valence-electron chi connectivity index (χ0n) is 14.1. The first-order valence-electron chi connectivity index (χ1n) is 8.27. The van der Waals surface area contributed by atoms with Crippen molar-refractivity contribution in [3.8, 4) is 0 Å².